The maximum Gasteiger partial charge on any atom is 0.242 e. The van der Waals surface area contributed by atoms with Crippen molar-refractivity contribution in [3.05, 3.63) is 42.0 Å². The topological polar surface area (TPSA) is 86.3 Å². The van der Waals surface area contributed by atoms with Crippen molar-refractivity contribution in [3.8, 4) is 0 Å². The number of carbonyl (C=O) groups is 1. The molecule has 8 heteroatoms. The SMILES string of the molecule is CN1CC(=O)N(C2CCCNCC2)Cc2c(NCCc3ccccn3)ncnc21. The lowest BCUT2D eigenvalue weighted by atomic mass is 10.1. The van der Waals surface area contributed by atoms with Gasteiger partial charge < -0.3 is 20.4 Å². The number of aromatic nitrogens is 3. The quantitative estimate of drug-likeness (QED) is 0.792. The zero-order valence-electron chi connectivity index (χ0n) is 17.0. The number of hydrogen-bond donors (Lipinski definition) is 2. The first-order chi connectivity index (χ1) is 14.2. The molecule has 1 amide bonds. The summed E-state index contributed by atoms with van der Waals surface area (Å²) in [5.41, 5.74) is 2.04. The number of likely N-dealkylation sites (N-methyl/N-ethyl adjacent to an activating group) is 1. The van der Waals surface area contributed by atoms with Crippen molar-refractivity contribution in [2.75, 3.05) is 43.4 Å². The Morgan fingerprint density at radius 1 is 1.17 bits per heavy atom. The van der Waals surface area contributed by atoms with Gasteiger partial charge in [0.1, 0.15) is 18.0 Å². The minimum Gasteiger partial charge on any atom is -0.369 e. The van der Waals surface area contributed by atoms with Gasteiger partial charge in [0.25, 0.3) is 0 Å². The first-order valence-electron chi connectivity index (χ1n) is 10.4. The van der Waals surface area contributed by atoms with Crippen LogP contribution in [-0.2, 0) is 17.8 Å². The summed E-state index contributed by atoms with van der Waals surface area (Å²) in [5.74, 6) is 1.81. The Bertz CT molecular complexity index is 821. The summed E-state index contributed by atoms with van der Waals surface area (Å²) in [6.07, 6.45) is 7.32. The number of amides is 1. The molecule has 4 heterocycles. The summed E-state index contributed by atoms with van der Waals surface area (Å²) in [6, 6.07) is 6.21. The predicted molar refractivity (Wildman–Crippen MR) is 113 cm³/mol. The number of nitrogens with one attached hydrogen (secondary N) is 2. The fourth-order valence-corrected chi connectivity index (χ4v) is 4.16. The second kappa shape index (κ2) is 9.17. The zero-order chi connectivity index (χ0) is 20.1. The number of anilines is 2. The van der Waals surface area contributed by atoms with Crippen LogP contribution in [0.2, 0.25) is 0 Å². The molecule has 4 rings (SSSR count). The van der Waals surface area contributed by atoms with Crippen LogP contribution < -0.4 is 15.5 Å². The predicted octanol–water partition coefficient (Wildman–Crippen LogP) is 1.45. The van der Waals surface area contributed by atoms with Crippen molar-refractivity contribution in [1.82, 2.24) is 25.2 Å². The van der Waals surface area contributed by atoms with Crippen molar-refractivity contribution in [2.45, 2.75) is 38.3 Å². The Balaban J connectivity index is 1.53. The van der Waals surface area contributed by atoms with Crippen molar-refractivity contribution in [2.24, 2.45) is 0 Å². The average molecular weight is 396 g/mol. The molecular weight excluding hydrogens is 366 g/mol. The molecule has 2 aromatic heterocycles. The van der Waals surface area contributed by atoms with E-state index in [-0.39, 0.29) is 11.9 Å². The molecule has 1 atom stereocenters. The van der Waals surface area contributed by atoms with Gasteiger partial charge in [0, 0.05) is 37.9 Å². The van der Waals surface area contributed by atoms with Crippen molar-refractivity contribution in [3.63, 3.8) is 0 Å². The van der Waals surface area contributed by atoms with Gasteiger partial charge in [-0.2, -0.15) is 0 Å². The number of carbonyl (C=O) groups excluding carboxylic acids is 1. The highest BCUT2D eigenvalue weighted by atomic mass is 16.2. The molecule has 0 spiro atoms. The largest absolute Gasteiger partial charge is 0.369 e. The Morgan fingerprint density at radius 2 is 2.10 bits per heavy atom. The third kappa shape index (κ3) is 4.64. The van der Waals surface area contributed by atoms with E-state index in [1.165, 1.54) is 0 Å². The van der Waals surface area contributed by atoms with Gasteiger partial charge >= 0.3 is 0 Å². The highest BCUT2D eigenvalue weighted by Crippen LogP contribution is 2.29. The van der Waals surface area contributed by atoms with E-state index in [1.807, 2.05) is 41.2 Å². The average Bonchev–Trinajstić information content (AvgIpc) is 3.08. The summed E-state index contributed by atoms with van der Waals surface area (Å²) in [7, 11) is 1.93. The molecule has 8 nitrogen and oxygen atoms in total. The number of hydrogen-bond acceptors (Lipinski definition) is 7. The number of rotatable bonds is 5. The maximum absolute atomic E-state index is 13.0. The normalized spacial score (nSPS) is 20.0. The molecule has 2 aliphatic heterocycles. The molecule has 0 saturated carbocycles. The highest BCUT2D eigenvalue weighted by Gasteiger charge is 2.31. The number of nitrogens with zero attached hydrogens (tertiary/aromatic N) is 5. The summed E-state index contributed by atoms with van der Waals surface area (Å²) >= 11 is 0. The molecule has 2 N–H and O–H groups in total. The van der Waals surface area contributed by atoms with Crippen LogP contribution in [0, 0.1) is 0 Å². The van der Waals surface area contributed by atoms with E-state index in [2.05, 4.69) is 25.6 Å². The maximum atomic E-state index is 13.0. The van der Waals surface area contributed by atoms with Crippen LogP contribution in [0.15, 0.2) is 30.7 Å². The minimum atomic E-state index is 0.164. The van der Waals surface area contributed by atoms with Gasteiger partial charge in [0.2, 0.25) is 5.91 Å². The summed E-state index contributed by atoms with van der Waals surface area (Å²) in [4.78, 5) is 30.4. The molecule has 1 saturated heterocycles. The van der Waals surface area contributed by atoms with Crippen LogP contribution in [0.25, 0.3) is 0 Å². The van der Waals surface area contributed by atoms with Gasteiger partial charge in [-0.3, -0.25) is 9.78 Å². The summed E-state index contributed by atoms with van der Waals surface area (Å²) in [5, 5.41) is 6.89. The molecule has 2 aliphatic rings. The second-order valence-electron chi connectivity index (χ2n) is 7.73. The van der Waals surface area contributed by atoms with Crippen molar-refractivity contribution < 1.29 is 4.79 Å². The van der Waals surface area contributed by atoms with Gasteiger partial charge in [-0.25, -0.2) is 9.97 Å². The molecule has 0 bridgehead atoms. The van der Waals surface area contributed by atoms with Crippen molar-refractivity contribution in [1.29, 1.82) is 0 Å². The van der Waals surface area contributed by atoms with Crippen LogP contribution in [0.3, 0.4) is 0 Å². The van der Waals surface area contributed by atoms with Crippen LogP contribution in [0.1, 0.15) is 30.5 Å². The highest BCUT2D eigenvalue weighted by molar-refractivity contribution is 5.83. The molecule has 154 valence electrons. The van der Waals surface area contributed by atoms with Crippen LogP contribution in [0.4, 0.5) is 11.6 Å². The molecule has 1 unspecified atom stereocenters. The Kier molecular flexibility index (Phi) is 6.19. The van der Waals surface area contributed by atoms with Crippen LogP contribution in [0.5, 0.6) is 0 Å². The number of fused-ring (bicyclic) bond motifs is 1. The second-order valence-corrected chi connectivity index (χ2v) is 7.73. The van der Waals surface area contributed by atoms with E-state index in [0.717, 1.165) is 68.2 Å². The van der Waals surface area contributed by atoms with Gasteiger partial charge in [-0.15, -0.1) is 0 Å². The van der Waals surface area contributed by atoms with Gasteiger partial charge in [0.15, 0.2) is 0 Å². The monoisotopic (exact) mass is 395 g/mol. The fourth-order valence-electron chi connectivity index (χ4n) is 4.16. The minimum absolute atomic E-state index is 0.164. The molecule has 0 radical (unpaired) electrons. The lowest BCUT2D eigenvalue weighted by Crippen LogP contribution is -2.43. The smallest absolute Gasteiger partial charge is 0.242 e. The van der Waals surface area contributed by atoms with Crippen molar-refractivity contribution >= 4 is 17.5 Å². The standard InChI is InChI=1S/C21H29N7O/c1-27-14-19(29)28(17-6-4-9-22-11-8-17)13-18-20(25-15-26-21(18)27)24-12-7-16-5-2-3-10-23-16/h2-3,5,10,15,17,22H,4,6-9,11-14H2,1H3,(H,24,25,26). The summed E-state index contributed by atoms with van der Waals surface area (Å²) < 4.78 is 0. The fraction of sp³-hybridized carbons (Fsp3) is 0.524. The molecule has 2 aromatic rings. The molecule has 1 fully saturated rings. The Labute approximate surface area is 171 Å². The van der Waals surface area contributed by atoms with Crippen LogP contribution in [-0.4, -0.2) is 65.0 Å². The first-order valence-corrected chi connectivity index (χ1v) is 10.4. The van der Waals surface area contributed by atoms with E-state index in [9.17, 15) is 4.79 Å². The zero-order valence-corrected chi connectivity index (χ0v) is 17.0. The molecular formula is C21H29N7O. The first kappa shape index (κ1) is 19.6. The third-order valence-electron chi connectivity index (χ3n) is 5.69. The third-order valence-corrected chi connectivity index (χ3v) is 5.69. The lowest BCUT2D eigenvalue weighted by Gasteiger charge is -2.30. The molecule has 0 aliphatic carbocycles. The van der Waals surface area contributed by atoms with E-state index in [1.54, 1.807) is 6.33 Å². The van der Waals surface area contributed by atoms with Gasteiger partial charge in [-0.05, 0) is 44.5 Å². The molecule has 0 aromatic carbocycles. The number of pyridine rings is 1. The lowest BCUT2D eigenvalue weighted by molar-refractivity contribution is -0.132. The van der Waals surface area contributed by atoms with E-state index < -0.39 is 0 Å². The Morgan fingerprint density at radius 3 is 2.97 bits per heavy atom. The van der Waals surface area contributed by atoms with Gasteiger partial charge in [-0.1, -0.05) is 6.07 Å². The summed E-state index contributed by atoms with van der Waals surface area (Å²) in [6.45, 7) is 3.61. The van der Waals surface area contributed by atoms with E-state index >= 15 is 0 Å². The van der Waals surface area contributed by atoms with E-state index in [0.29, 0.717) is 13.1 Å². The molecule has 29 heavy (non-hydrogen) atoms. The van der Waals surface area contributed by atoms with E-state index in [4.69, 9.17) is 0 Å². The van der Waals surface area contributed by atoms with Crippen LogP contribution >= 0.6 is 0 Å². The van der Waals surface area contributed by atoms with Gasteiger partial charge in [0.05, 0.1) is 18.7 Å². The Hall–Kier alpha value is -2.74.